The van der Waals surface area contributed by atoms with Gasteiger partial charge in [-0.2, -0.15) is 10.1 Å². The maximum atomic E-state index is 12.8. The lowest BCUT2D eigenvalue weighted by atomic mass is 10.1. The number of fused-ring (bicyclic) bond motifs is 1. The van der Waals surface area contributed by atoms with Crippen molar-refractivity contribution in [1.82, 2.24) is 19.9 Å². The topological polar surface area (TPSA) is 100 Å². The van der Waals surface area contributed by atoms with Gasteiger partial charge < -0.3 is 9.26 Å². The van der Waals surface area contributed by atoms with Gasteiger partial charge in [0, 0.05) is 22.5 Å². The smallest absolute Gasteiger partial charge is 0.359 e. The van der Waals surface area contributed by atoms with E-state index in [1.807, 2.05) is 0 Å². The zero-order valence-electron chi connectivity index (χ0n) is 17.5. The second-order valence-electron chi connectivity index (χ2n) is 7.22. The number of nitrogens with zero attached hydrogens (tertiary/aromatic N) is 4. The third-order valence-electron chi connectivity index (χ3n) is 4.93. The van der Waals surface area contributed by atoms with Crippen molar-refractivity contribution in [3.63, 3.8) is 0 Å². The fourth-order valence-electron chi connectivity index (χ4n) is 3.27. The normalized spacial score (nSPS) is 11.1. The van der Waals surface area contributed by atoms with Gasteiger partial charge in [0.2, 0.25) is 5.82 Å². The number of hydrogen-bond donors (Lipinski definition) is 0. The highest BCUT2D eigenvalue weighted by Gasteiger charge is 2.19. The summed E-state index contributed by atoms with van der Waals surface area (Å²) >= 11 is 5.90. The van der Waals surface area contributed by atoms with Gasteiger partial charge in [-0.25, -0.2) is 9.48 Å². The first-order valence-electron chi connectivity index (χ1n) is 10.3. The van der Waals surface area contributed by atoms with E-state index in [9.17, 15) is 9.59 Å². The number of carbonyl (C=O) groups excluding carboxylic acids is 1. The minimum Gasteiger partial charge on any atom is -0.451 e. The second-order valence-corrected chi connectivity index (χ2v) is 7.66. The molecule has 0 aliphatic rings. The molecular weight excluding hydrogens is 432 g/mol. The molecule has 0 spiro atoms. The van der Waals surface area contributed by atoms with Crippen LogP contribution < -0.4 is 5.56 Å². The number of halogens is 1. The van der Waals surface area contributed by atoms with E-state index in [1.165, 1.54) is 4.68 Å². The van der Waals surface area contributed by atoms with Gasteiger partial charge in [0.25, 0.3) is 11.4 Å². The Morgan fingerprint density at radius 2 is 1.84 bits per heavy atom. The molecule has 0 amide bonds. The summed E-state index contributed by atoms with van der Waals surface area (Å²) in [7, 11) is 0. The van der Waals surface area contributed by atoms with Crippen molar-refractivity contribution in [3.8, 4) is 11.4 Å². The standard InChI is InChI=1S/C23H21ClN4O4/c1-2-3-6-13-28-22(29)18-8-5-4-7-17(18)20(26-28)23(30)31-14-19-25-21(27-32-19)15-9-11-16(24)12-10-15/h4-5,7-12H,2-3,6,13-14H2,1H3. The molecular formula is C23H21ClN4O4. The van der Waals surface area contributed by atoms with E-state index >= 15 is 0 Å². The predicted octanol–water partition coefficient (Wildman–Crippen LogP) is 4.65. The van der Waals surface area contributed by atoms with Crippen molar-refractivity contribution in [1.29, 1.82) is 0 Å². The number of carbonyl (C=O) groups is 1. The highest BCUT2D eigenvalue weighted by atomic mass is 35.5. The van der Waals surface area contributed by atoms with Gasteiger partial charge in [-0.05, 0) is 36.8 Å². The van der Waals surface area contributed by atoms with Gasteiger partial charge >= 0.3 is 5.97 Å². The Morgan fingerprint density at radius 3 is 2.59 bits per heavy atom. The quantitative estimate of drug-likeness (QED) is 0.283. The molecule has 0 radical (unpaired) electrons. The maximum absolute atomic E-state index is 12.8. The number of ether oxygens (including phenoxy) is 1. The summed E-state index contributed by atoms with van der Waals surface area (Å²) in [5, 5.41) is 9.67. The summed E-state index contributed by atoms with van der Waals surface area (Å²) in [6, 6.07) is 13.8. The highest BCUT2D eigenvalue weighted by Crippen LogP contribution is 2.19. The molecule has 0 N–H and O–H groups in total. The van der Waals surface area contributed by atoms with Gasteiger partial charge in [0.05, 0.1) is 5.39 Å². The van der Waals surface area contributed by atoms with Crippen molar-refractivity contribution >= 4 is 28.3 Å². The molecule has 0 aliphatic carbocycles. The molecule has 2 aromatic carbocycles. The molecule has 32 heavy (non-hydrogen) atoms. The molecule has 4 aromatic rings. The third kappa shape index (κ3) is 4.70. The average molecular weight is 453 g/mol. The molecule has 0 aliphatic heterocycles. The number of unbranched alkanes of at least 4 members (excludes halogenated alkanes) is 2. The minimum atomic E-state index is -0.670. The molecule has 9 heteroatoms. The summed E-state index contributed by atoms with van der Waals surface area (Å²) in [6.45, 7) is 2.30. The van der Waals surface area contributed by atoms with Crippen LogP contribution in [-0.4, -0.2) is 25.9 Å². The molecule has 0 saturated heterocycles. The Bertz CT molecular complexity index is 1300. The first-order chi connectivity index (χ1) is 15.6. The maximum Gasteiger partial charge on any atom is 0.359 e. The average Bonchev–Trinajstić information content (AvgIpc) is 3.29. The lowest BCUT2D eigenvalue weighted by Crippen LogP contribution is -2.26. The summed E-state index contributed by atoms with van der Waals surface area (Å²) in [4.78, 5) is 29.8. The van der Waals surface area contributed by atoms with Crippen molar-refractivity contribution in [3.05, 3.63) is 75.5 Å². The van der Waals surface area contributed by atoms with Crippen LogP contribution in [0, 0.1) is 0 Å². The van der Waals surface area contributed by atoms with Gasteiger partial charge in [-0.3, -0.25) is 4.79 Å². The van der Waals surface area contributed by atoms with E-state index in [2.05, 4.69) is 22.2 Å². The Kier molecular flexibility index (Phi) is 6.61. The van der Waals surface area contributed by atoms with Crippen LogP contribution in [0.4, 0.5) is 0 Å². The molecule has 0 unspecified atom stereocenters. The van der Waals surface area contributed by atoms with Crippen LogP contribution >= 0.6 is 11.6 Å². The monoisotopic (exact) mass is 452 g/mol. The van der Waals surface area contributed by atoms with E-state index in [1.54, 1.807) is 48.5 Å². The number of benzene rings is 2. The number of hydrogen-bond acceptors (Lipinski definition) is 7. The predicted molar refractivity (Wildman–Crippen MR) is 119 cm³/mol. The SMILES string of the molecule is CCCCCn1nc(C(=O)OCc2nc(-c3ccc(Cl)cc3)no2)c2ccccc2c1=O. The van der Waals surface area contributed by atoms with Crippen molar-refractivity contribution in [2.24, 2.45) is 0 Å². The highest BCUT2D eigenvalue weighted by molar-refractivity contribution is 6.30. The van der Waals surface area contributed by atoms with Gasteiger partial charge in [0.15, 0.2) is 12.3 Å². The number of esters is 1. The molecule has 0 bridgehead atoms. The number of rotatable bonds is 8. The Balaban J connectivity index is 1.54. The van der Waals surface area contributed by atoms with Crippen LogP contribution in [0.25, 0.3) is 22.2 Å². The first-order valence-corrected chi connectivity index (χ1v) is 10.7. The fourth-order valence-corrected chi connectivity index (χ4v) is 3.40. The van der Waals surface area contributed by atoms with Crippen LogP contribution in [0.2, 0.25) is 5.02 Å². The molecule has 8 nitrogen and oxygen atoms in total. The molecule has 2 heterocycles. The van der Waals surface area contributed by atoms with Crippen LogP contribution in [-0.2, 0) is 17.9 Å². The van der Waals surface area contributed by atoms with E-state index in [-0.39, 0.29) is 23.8 Å². The molecule has 2 aromatic heterocycles. The number of aromatic nitrogens is 4. The first kappa shape index (κ1) is 21.7. The molecule has 0 saturated carbocycles. The molecule has 0 fully saturated rings. The van der Waals surface area contributed by atoms with Gasteiger partial charge in [0.1, 0.15) is 0 Å². The zero-order chi connectivity index (χ0) is 22.5. The fraction of sp³-hybridized carbons (Fsp3) is 0.261. The van der Waals surface area contributed by atoms with E-state index in [4.69, 9.17) is 20.9 Å². The number of aryl methyl sites for hydroxylation is 1. The van der Waals surface area contributed by atoms with E-state index in [0.29, 0.717) is 28.2 Å². The van der Waals surface area contributed by atoms with Crippen molar-refractivity contribution < 1.29 is 14.1 Å². The van der Waals surface area contributed by atoms with Crippen LogP contribution in [0.5, 0.6) is 0 Å². The second kappa shape index (κ2) is 9.74. The summed E-state index contributed by atoms with van der Waals surface area (Å²) in [5.74, 6) is -0.165. The summed E-state index contributed by atoms with van der Waals surface area (Å²) < 4.78 is 11.9. The van der Waals surface area contributed by atoms with Crippen molar-refractivity contribution in [2.75, 3.05) is 0 Å². The van der Waals surface area contributed by atoms with Gasteiger partial charge in [-0.1, -0.05) is 54.7 Å². The Morgan fingerprint density at radius 1 is 1.09 bits per heavy atom. The molecule has 164 valence electrons. The van der Waals surface area contributed by atoms with Gasteiger partial charge in [-0.15, -0.1) is 0 Å². The van der Waals surface area contributed by atoms with E-state index < -0.39 is 5.97 Å². The summed E-state index contributed by atoms with van der Waals surface area (Å²) in [6.07, 6.45) is 2.78. The summed E-state index contributed by atoms with van der Waals surface area (Å²) in [5.41, 5.74) is 0.578. The molecule has 0 atom stereocenters. The van der Waals surface area contributed by atoms with Crippen LogP contribution in [0.3, 0.4) is 0 Å². The Hall–Kier alpha value is -3.52. The van der Waals surface area contributed by atoms with Crippen LogP contribution in [0.15, 0.2) is 57.8 Å². The lowest BCUT2D eigenvalue weighted by Gasteiger charge is -2.10. The lowest BCUT2D eigenvalue weighted by molar-refractivity contribution is 0.0422. The minimum absolute atomic E-state index is 0.0779. The largest absolute Gasteiger partial charge is 0.451 e. The van der Waals surface area contributed by atoms with Crippen LogP contribution in [0.1, 0.15) is 42.6 Å². The third-order valence-corrected chi connectivity index (χ3v) is 5.18. The molecule has 4 rings (SSSR count). The Labute approximate surface area is 188 Å². The zero-order valence-corrected chi connectivity index (χ0v) is 18.2. The van der Waals surface area contributed by atoms with E-state index in [0.717, 1.165) is 24.8 Å². The van der Waals surface area contributed by atoms with Crippen molar-refractivity contribution in [2.45, 2.75) is 39.3 Å².